The second-order valence-electron chi connectivity index (χ2n) is 6.07. The highest BCUT2D eigenvalue weighted by molar-refractivity contribution is 5.90. The quantitative estimate of drug-likeness (QED) is 0.718. The molecule has 1 rings (SSSR count). The van der Waals surface area contributed by atoms with Crippen LogP contribution in [0, 0.1) is 11.8 Å². The molecular weight excluding hydrogens is 270 g/mol. The van der Waals surface area contributed by atoms with E-state index in [1.54, 1.807) is 18.1 Å². The lowest BCUT2D eigenvalue weighted by atomic mass is 10.1. The molecule has 0 saturated heterocycles. The first-order chi connectivity index (χ1) is 9.79. The lowest BCUT2D eigenvalue weighted by Crippen LogP contribution is -2.39. The molecular formula is C15H25N3O3. The summed E-state index contributed by atoms with van der Waals surface area (Å²) in [7, 11) is 1.72. The Balaban J connectivity index is 2.54. The van der Waals surface area contributed by atoms with Gasteiger partial charge in [0.1, 0.15) is 0 Å². The van der Waals surface area contributed by atoms with E-state index in [4.69, 9.17) is 4.74 Å². The van der Waals surface area contributed by atoms with Crippen molar-refractivity contribution in [2.24, 2.45) is 18.9 Å². The molecule has 0 saturated carbocycles. The number of aryl methyl sites for hydroxylation is 1. The summed E-state index contributed by atoms with van der Waals surface area (Å²) in [5.74, 6) is 0.0728. The van der Waals surface area contributed by atoms with Gasteiger partial charge in [0.2, 0.25) is 0 Å². The van der Waals surface area contributed by atoms with E-state index in [-0.39, 0.29) is 12.5 Å². The van der Waals surface area contributed by atoms with Crippen LogP contribution >= 0.6 is 0 Å². The molecule has 6 heteroatoms. The van der Waals surface area contributed by atoms with Crippen LogP contribution in [0.15, 0.2) is 12.4 Å². The van der Waals surface area contributed by atoms with E-state index in [9.17, 15) is 9.59 Å². The summed E-state index contributed by atoms with van der Waals surface area (Å²) in [4.78, 5) is 25.7. The molecule has 1 amide bonds. The second kappa shape index (κ2) is 7.81. The van der Waals surface area contributed by atoms with E-state index in [1.165, 1.54) is 10.9 Å². The Hall–Kier alpha value is -1.85. The number of aromatic nitrogens is 2. The van der Waals surface area contributed by atoms with E-state index >= 15 is 0 Å². The van der Waals surface area contributed by atoms with E-state index in [0.717, 1.165) is 0 Å². The number of rotatable bonds is 7. The molecule has 1 heterocycles. The molecule has 21 heavy (non-hydrogen) atoms. The number of hydrogen-bond acceptors (Lipinski definition) is 4. The Bertz CT molecular complexity index is 470. The Morgan fingerprint density at radius 1 is 1.24 bits per heavy atom. The van der Waals surface area contributed by atoms with E-state index in [1.807, 2.05) is 0 Å². The van der Waals surface area contributed by atoms with Gasteiger partial charge in [-0.15, -0.1) is 0 Å². The van der Waals surface area contributed by atoms with Crippen LogP contribution in [0.3, 0.4) is 0 Å². The second-order valence-corrected chi connectivity index (χ2v) is 6.07. The van der Waals surface area contributed by atoms with Crippen LogP contribution in [0.2, 0.25) is 0 Å². The summed E-state index contributed by atoms with van der Waals surface area (Å²) < 4.78 is 6.58. The molecule has 118 valence electrons. The van der Waals surface area contributed by atoms with Gasteiger partial charge in [-0.2, -0.15) is 5.10 Å². The Morgan fingerprint density at radius 2 is 1.81 bits per heavy atom. The van der Waals surface area contributed by atoms with E-state index in [2.05, 4.69) is 32.8 Å². The molecule has 0 fully saturated rings. The summed E-state index contributed by atoms with van der Waals surface area (Å²) in [6, 6.07) is 0. The maximum absolute atomic E-state index is 12.2. The normalized spacial score (nSPS) is 11.0. The maximum Gasteiger partial charge on any atom is 0.341 e. The van der Waals surface area contributed by atoms with Gasteiger partial charge in [0.25, 0.3) is 5.91 Å². The molecule has 0 N–H and O–H groups in total. The summed E-state index contributed by atoms with van der Waals surface area (Å²) in [5.41, 5.74) is 0.351. The summed E-state index contributed by atoms with van der Waals surface area (Å²) in [6.45, 7) is 9.34. The van der Waals surface area contributed by atoms with Crippen LogP contribution < -0.4 is 0 Å². The number of esters is 1. The highest BCUT2D eigenvalue weighted by Crippen LogP contribution is 2.06. The van der Waals surface area contributed by atoms with Crippen LogP contribution in [0.4, 0.5) is 0 Å². The average Bonchev–Trinajstić information content (AvgIpc) is 2.80. The standard InChI is InChI=1S/C15H25N3O3/c1-11(2)7-18(8-12(3)4)14(19)10-21-15(20)13-6-16-17(5)9-13/h6,9,11-12H,7-8,10H2,1-5H3. The van der Waals surface area contributed by atoms with Crippen LogP contribution in [0.1, 0.15) is 38.1 Å². The van der Waals surface area contributed by atoms with Crippen molar-refractivity contribution in [1.82, 2.24) is 14.7 Å². The van der Waals surface area contributed by atoms with Gasteiger partial charge >= 0.3 is 5.97 Å². The zero-order chi connectivity index (χ0) is 16.0. The molecule has 0 atom stereocenters. The van der Waals surface area contributed by atoms with Crippen molar-refractivity contribution in [1.29, 1.82) is 0 Å². The monoisotopic (exact) mass is 295 g/mol. The minimum atomic E-state index is -0.523. The molecule has 0 bridgehead atoms. The SMILES string of the molecule is CC(C)CN(CC(C)C)C(=O)COC(=O)c1cnn(C)c1. The first kappa shape index (κ1) is 17.2. The van der Waals surface area contributed by atoms with Crippen LogP contribution in [0.25, 0.3) is 0 Å². The molecule has 6 nitrogen and oxygen atoms in total. The van der Waals surface area contributed by atoms with Gasteiger partial charge in [-0.25, -0.2) is 4.79 Å². The molecule has 0 aliphatic carbocycles. The van der Waals surface area contributed by atoms with Gasteiger partial charge in [-0.3, -0.25) is 9.48 Å². The average molecular weight is 295 g/mol. The van der Waals surface area contributed by atoms with Crippen molar-refractivity contribution in [2.75, 3.05) is 19.7 Å². The molecule has 1 aromatic rings. The van der Waals surface area contributed by atoms with Gasteiger partial charge in [0.15, 0.2) is 6.61 Å². The Morgan fingerprint density at radius 3 is 2.24 bits per heavy atom. The lowest BCUT2D eigenvalue weighted by molar-refractivity contribution is -0.135. The summed E-state index contributed by atoms with van der Waals surface area (Å²) in [6.07, 6.45) is 2.99. The van der Waals surface area contributed by atoms with Crippen molar-refractivity contribution in [2.45, 2.75) is 27.7 Å². The van der Waals surface area contributed by atoms with E-state index in [0.29, 0.717) is 30.5 Å². The topological polar surface area (TPSA) is 64.4 Å². The first-order valence-electron chi connectivity index (χ1n) is 7.23. The van der Waals surface area contributed by atoms with Crippen LogP contribution in [-0.2, 0) is 16.6 Å². The summed E-state index contributed by atoms with van der Waals surface area (Å²) in [5, 5.41) is 3.90. The third kappa shape index (κ3) is 5.97. The number of ether oxygens (including phenoxy) is 1. The Labute approximate surface area is 126 Å². The maximum atomic E-state index is 12.2. The van der Waals surface area contributed by atoms with Gasteiger partial charge in [0.05, 0.1) is 11.8 Å². The fraction of sp³-hybridized carbons (Fsp3) is 0.667. The van der Waals surface area contributed by atoms with Crippen molar-refractivity contribution in [3.05, 3.63) is 18.0 Å². The highest BCUT2D eigenvalue weighted by Gasteiger charge is 2.19. The lowest BCUT2D eigenvalue weighted by Gasteiger charge is -2.26. The molecule has 0 aromatic carbocycles. The van der Waals surface area contributed by atoms with Crippen LogP contribution in [0.5, 0.6) is 0 Å². The van der Waals surface area contributed by atoms with Crippen LogP contribution in [-0.4, -0.2) is 46.3 Å². The van der Waals surface area contributed by atoms with Gasteiger partial charge < -0.3 is 9.64 Å². The molecule has 0 unspecified atom stereocenters. The fourth-order valence-electron chi connectivity index (χ4n) is 1.99. The first-order valence-corrected chi connectivity index (χ1v) is 7.23. The Kier molecular flexibility index (Phi) is 6.39. The zero-order valence-electron chi connectivity index (χ0n) is 13.5. The third-order valence-corrected chi connectivity index (χ3v) is 2.79. The molecule has 0 spiro atoms. The fourth-order valence-corrected chi connectivity index (χ4v) is 1.99. The van der Waals surface area contributed by atoms with Crippen molar-refractivity contribution >= 4 is 11.9 Å². The number of nitrogens with zero attached hydrogens (tertiary/aromatic N) is 3. The minimum absolute atomic E-state index is 0.158. The van der Waals surface area contributed by atoms with Gasteiger partial charge in [-0.05, 0) is 11.8 Å². The molecule has 0 aliphatic heterocycles. The molecule has 0 aliphatic rings. The van der Waals surface area contributed by atoms with Crippen molar-refractivity contribution in [3.63, 3.8) is 0 Å². The number of amides is 1. The highest BCUT2D eigenvalue weighted by atomic mass is 16.5. The predicted molar refractivity (Wildman–Crippen MR) is 79.7 cm³/mol. The molecule has 0 radical (unpaired) electrons. The third-order valence-electron chi connectivity index (χ3n) is 2.79. The van der Waals surface area contributed by atoms with Gasteiger partial charge in [-0.1, -0.05) is 27.7 Å². The summed E-state index contributed by atoms with van der Waals surface area (Å²) >= 11 is 0. The largest absolute Gasteiger partial charge is 0.452 e. The molecule has 1 aromatic heterocycles. The number of carbonyl (C=O) groups is 2. The predicted octanol–water partition coefficient (Wildman–Crippen LogP) is 1.72. The van der Waals surface area contributed by atoms with Crippen molar-refractivity contribution < 1.29 is 14.3 Å². The smallest absolute Gasteiger partial charge is 0.341 e. The van der Waals surface area contributed by atoms with Gasteiger partial charge in [0, 0.05) is 26.3 Å². The van der Waals surface area contributed by atoms with Crippen molar-refractivity contribution in [3.8, 4) is 0 Å². The number of hydrogen-bond donors (Lipinski definition) is 0. The van der Waals surface area contributed by atoms with E-state index < -0.39 is 5.97 Å². The number of carbonyl (C=O) groups excluding carboxylic acids is 2. The zero-order valence-corrected chi connectivity index (χ0v) is 13.5. The minimum Gasteiger partial charge on any atom is -0.452 e.